The first-order valence-electron chi connectivity index (χ1n) is 8.07. The number of hydrogen-bond acceptors (Lipinski definition) is 4. The molecular formula is C17H23Cl2N3OS. The molecule has 2 aromatic rings. The van der Waals surface area contributed by atoms with Crippen LogP contribution in [0.3, 0.4) is 0 Å². The minimum atomic E-state index is 0. The van der Waals surface area contributed by atoms with Crippen molar-refractivity contribution in [3.05, 3.63) is 23.2 Å². The van der Waals surface area contributed by atoms with E-state index in [-0.39, 0.29) is 24.2 Å². The van der Waals surface area contributed by atoms with E-state index in [0.717, 1.165) is 54.1 Å². The topological polar surface area (TPSA) is 36.4 Å². The summed E-state index contributed by atoms with van der Waals surface area (Å²) in [7, 11) is 4.11. The Labute approximate surface area is 158 Å². The molecule has 0 atom stereocenters. The third kappa shape index (κ3) is 4.39. The van der Waals surface area contributed by atoms with Crippen LogP contribution in [0, 0.1) is 5.92 Å². The lowest BCUT2D eigenvalue weighted by Gasteiger charge is -2.30. The second-order valence-corrected chi connectivity index (χ2v) is 7.83. The van der Waals surface area contributed by atoms with E-state index in [9.17, 15) is 4.79 Å². The van der Waals surface area contributed by atoms with Crippen molar-refractivity contribution in [2.75, 3.05) is 32.1 Å². The normalized spacial score (nSPS) is 14.5. The maximum atomic E-state index is 12.8. The van der Waals surface area contributed by atoms with Gasteiger partial charge in [-0.2, -0.15) is 0 Å². The van der Waals surface area contributed by atoms with Crippen molar-refractivity contribution >= 4 is 56.6 Å². The number of thiazole rings is 1. The van der Waals surface area contributed by atoms with Gasteiger partial charge in [0, 0.05) is 17.5 Å². The molecule has 0 radical (unpaired) electrons. The van der Waals surface area contributed by atoms with E-state index < -0.39 is 0 Å². The summed E-state index contributed by atoms with van der Waals surface area (Å²) < 4.78 is 1.03. The van der Waals surface area contributed by atoms with E-state index in [2.05, 4.69) is 24.0 Å². The van der Waals surface area contributed by atoms with Gasteiger partial charge in [-0.1, -0.05) is 29.4 Å². The zero-order valence-corrected chi connectivity index (χ0v) is 16.4. The van der Waals surface area contributed by atoms with Crippen molar-refractivity contribution in [3.8, 4) is 0 Å². The van der Waals surface area contributed by atoms with Crippen LogP contribution in [0.1, 0.15) is 25.7 Å². The molecule has 1 aliphatic rings. The number of amides is 1. The molecule has 3 rings (SSSR count). The molecule has 1 heterocycles. The number of aromatic nitrogens is 1. The van der Waals surface area contributed by atoms with Gasteiger partial charge in [-0.15, -0.1) is 12.4 Å². The van der Waals surface area contributed by atoms with E-state index in [0.29, 0.717) is 5.02 Å². The molecule has 7 heteroatoms. The van der Waals surface area contributed by atoms with Crippen LogP contribution in [0.2, 0.25) is 5.02 Å². The molecule has 0 N–H and O–H groups in total. The highest BCUT2D eigenvalue weighted by molar-refractivity contribution is 7.22. The van der Waals surface area contributed by atoms with Gasteiger partial charge in [-0.3, -0.25) is 9.69 Å². The van der Waals surface area contributed by atoms with Crippen LogP contribution < -0.4 is 4.90 Å². The van der Waals surface area contributed by atoms with Crippen LogP contribution in [0.5, 0.6) is 0 Å². The van der Waals surface area contributed by atoms with Crippen molar-refractivity contribution < 1.29 is 4.79 Å². The van der Waals surface area contributed by atoms with E-state index >= 15 is 0 Å². The third-order valence-corrected chi connectivity index (χ3v) is 5.55. The van der Waals surface area contributed by atoms with Gasteiger partial charge in [-0.05, 0) is 58.1 Å². The van der Waals surface area contributed by atoms with Crippen molar-refractivity contribution in [1.82, 2.24) is 9.88 Å². The van der Waals surface area contributed by atoms with Crippen LogP contribution in [-0.2, 0) is 4.79 Å². The lowest BCUT2D eigenvalue weighted by molar-refractivity contribution is -0.124. The Hall–Kier alpha value is -0.880. The van der Waals surface area contributed by atoms with Gasteiger partial charge >= 0.3 is 0 Å². The highest BCUT2D eigenvalue weighted by Gasteiger charge is 2.31. The monoisotopic (exact) mass is 387 g/mol. The Kier molecular flexibility index (Phi) is 6.87. The van der Waals surface area contributed by atoms with Gasteiger partial charge in [-0.25, -0.2) is 4.98 Å². The number of hydrogen-bond donors (Lipinski definition) is 0. The minimum Gasteiger partial charge on any atom is -0.309 e. The fourth-order valence-electron chi connectivity index (χ4n) is 2.72. The maximum Gasteiger partial charge on any atom is 0.231 e. The molecule has 1 saturated carbocycles. The number of carbonyl (C=O) groups is 1. The molecule has 0 aliphatic heterocycles. The summed E-state index contributed by atoms with van der Waals surface area (Å²) in [4.78, 5) is 21.5. The first-order chi connectivity index (χ1) is 11.0. The van der Waals surface area contributed by atoms with Gasteiger partial charge in [0.25, 0.3) is 0 Å². The second kappa shape index (κ2) is 8.48. The molecule has 1 aromatic carbocycles. The summed E-state index contributed by atoms with van der Waals surface area (Å²) in [5.74, 6) is 0.421. The number of nitrogens with zero attached hydrogens (tertiary/aromatic N) is 3. The van der Waals surface area contributed by atoms with Crippen molar-refractivity contribution in [3.63, 3.8) is 0 Å². The zero-order valence-electron chi connectivity index (χ0n) is 14.0. The SMILES string of the molecule is CN(C)CCCN(C(=O)C1CCC1)c1nc2ccc(Cl)cc2s1.Cl. The Morgan fingerprint density at radius 3 is 2.71 bits per heavy atom. The summed E-state index contributed by atoms with van der Waals surface area (Å²) in [6.45, 7) is 1.69. The van der Waals surface area contributed by atoms with E-state index in [1.807, 2.05) is 23.1 Å². The zero-order chi connectivity index (χ0) is 16.4. The molecule has 1 amide bonds. The Balaban J connectivity index is 0.00000208. The second-order valence-electron chi connectivity index (χ2n) is 6.38. The van der Waals surface area contributed by atoms with Gasteiger partial charge in [0.15, 0.2) is 5.13 Å². The quantitative estimate of drug-likeness (QED) is 0.733. The van der Waals surface area contributed by atoms with Crippen molar-refractivity contribution in [1.29, 1.82) is 0 Å². The molecule has 1 aliphatic carbocycles. The summed E-state index contributed by atoms with van der Waals surface area (Å²) in [6.07, 6.45) is 4.14. The largest absolute Gasteiger partial charge is 0.309 e. The number of rotatable bonds is 6. The molecule has 1 aromatic heterocycles. The first kappa shape index (κ1) is 19.4. The smallest absolute Gasteiger partial charge is 0.231 e. The summed E-state index contributed by atoms with van der Waals surface area (Å²) in [5.41, 5.74) is 0.911. The molecule has 0 unspecified atom stereocenters. The number of anilines is 1. The Morgan fingerprint density at radius 2 is 2.08 bits per heavy atom. The molecule has 0 spiro atoms. The third-order valence-electron chi connectivity index (χ3n) is 4.28. The predicted octanol–water partition coefficient (Wildman–Crippen LogP) is 4.46. The van der Waals surface area contributed by atoms with Gasteiger partial charge < -0.3 is 4.90 Å². The fraction of sp³-hybridized carbons (Fsp3) is 0.529. The number of fused-ring (bicyclic) bond motifs is 1. The van der Waals surface area contributed by atoms with Gasteiger partial charge in [0.05, 0.1) is 10.2 Å². The molecular weight excluding hydrogens is 365 g/mol. The van der Waals surface area contributed by atoms with Crippen LogP contribution in [0.15, 0.2) is 18.2 Å². The Bertz CT molecular complexity index is 700. The molecule has 132 valence electrons. The Morgan fingerprint density at radius 1 is 1.33 bits per heavy atom. The van der Waals surface area contributed by atoms with Gasteiger partial charge in [0.2, 0.25) is 5.91 Å². The van der Waals surface area contributed by atoms with E-state index in [1.165, 1.54) is 0 Å². The summed E-state index contributed by atoms with van der Waals surface area (Å²) in [6, 6.07) is 5.69. The summed E-state index contributed by atoms with van der Waals surface area (Å²) >= 11 is 7.62. The molecule has 0 saturated heterocycles. The van der Waals surface area contributed by atoms with Crippen molar-refractivity contribution in [2.45, 2.75) is 25.7 Å². The van der Waals surface area contributed by atoms with Crippen LogP contribution >= 0.6 is 35.3 Å². The fourth-order valence-corrected chi connectivity index (χ4v) is 4.00. The van der Waals surface area contributed by atoms with Crippen LogP contribution in [-0.4, -0.2) is 43.0 Å². The molecule has 4 nitrogen and oxygen atoms in total. The lowest BCUT2D eigenvalue weighted by atomic mass is 9.84. The predicted molar refractivity (Wildman–Crippen MR) is 105 cm³/mol. The highest BCUT2D eigenvalue weighted by Crippen LogP contribution is 2.34. The standard InChI is InChI=1S/C17H22ClN3OS.ClH/c1-20(2)9-4-10-21(16(22)12-5-3-6-12)17-19-14-8-7-13(18)11-15(14)23-17;/h7-8,11-12H,3-6,9-10H2,1-2H3;1H. The average Bonchev–Trinajstić information content (AvgIpc) is 2.83. The number of halogens is 2. The molecule has 0 bridgehead atoms. The lowest BCUT2D eigenvalue weighted by Crippen LogP contribution is -2.40. The van der Waals surface area contributed by atoms with Crippen molar-refractivity contribution in [2.24, 2.45) is 5.92 Å². The van der Waals surface area contributed by atoms with Crippen LogP contribution in [0.25, 0.3) is 10.2 Å². The first-order valence-corrected chi connectivity index (χ1v) is 9.26. The maximum absolute atomic E-state index is 12.8. The molecule has 24 heavy (non-hydrogen) atoms. The highest BCUT2D eigenvalue weighted by atomic mass is 35.5. The summed E-state index contributed by atoms with van der Waals surface area (Å²) in [5, 5.41) is 1.51. The number of benzene rings is 1. The van der Waals surface area contributed by atoms with Gasteiger partial charge in [0.1, 0.15) is 0 Å². The number of carbonyl (C=O) groups excluding carboxylic acids is 1. The average molecular weight is 388 g/mol. The van der Waals surface area contributed by atoms with E-state index in [4.69, 9.17) is 11.6 Å². The van der Waals surface area contributed by atoms with E-state index in [1.54, 1.807) is 11.3 Å². The van der Waals surface area contributed by atoms with Crippen LogP contribution in [0.4, 0.5) is 5.13 Å². The molecule has 1 fully saturated rings. The minimum absolute atomic E-state index is 0.